The van der Waals surface area contributed by atoms with E-state index in [1.54, 1.807) is 0 Å². The normalized spacial score (nSPS) is 12.7. The molecule has 0 aliphatic heterocycles. The van der Waals surface area contributed by atoms with Gasteiger partial charge in [-0.3, -0.25) is 14.9 Å². The van der Waals surface area contributed by atoms with Crippen LogP contribution in [-0.4, -0.2) is 30.0 Å². The second-order valence-electron chi connectivity index (χ2n) is 6.82. The van der Waals surface area contributed by atoms with Gasteiger partial charge < -0.3 is 10.1 Å². The van der Waals surface area contributed by atoms with Crippen LogP contribution in [0.15, 0.2) is 42.5 Å². The second kappa shape index (κ2) is 9.88. The number of rotatable bonds is 7. The molecule has 2 aromatic rings. The number of amides is 1. The van der Waals surface area contributed by atoms with Crippen LogP contribution in [0.3, 0.4) is 0 Å². The fourth-order valence-corrected chi connectivity index (χ4v) is 2.97. The van der Waals surface area contributed by atoms with Crippen molar-refractivity contribution >= 4 is 17.6 Å². The number of alkyl halides is 6. The van der Waals surface area contributed by atoms with Crippen molar-refractivity contribution in [1.82, 2.24) is 5.32 Å². The number of nitro groups is 1. The number of nitro benzene ring substituents is 1. The summed E-state index contributed by atoms with van der Waals surface area (Å²) in [6.45, 7) is 0. The van der Waals surface area contributed by atoms with Crippen molar-refractivity contribution in [3.8, 4) is 0 Å². The van der Waals surface area contributed by atoms with Gasteiger partial charge in [0.25, 0.3) is 5.69 Å². The maximum Gasteiger partial charge on any atom is 0.416 e. The Morgan fingerprint density at radius 1 is 1.03 bits per heavy atom. The Morgan fingerprint density at radius 3 is 2.06 bits per heavy atom. The molecule has 7 nitrogen and oxygen atoms in total. The highest BCUT2D eigenvalue weighted by Gasteiger charge is 2.37. The first-order chi connectivity index (χ1) is 15.2. The first-order valence-corrected chi connectivity index (χ1v) is 9.10. The van der Waals surface area contributed by atoms with Crippen molar-refractivity contribution in [3.05, 3.63) is 74.8 Å². The summed E-state index contributed by atoms with van der Waals surface area (Å²) in [5.74, 6) is -2.10. The number of benzene rings is 2. The zero-order valence-corrected chi connectivity index (χ0v) is 16.8. The zero-order valence-electron chi connectivity index (χ0n) is 16.8. The van der Waals surface area contributed by atoms with Crippen LogP contribution in [-0.2, 0) is 39.5 Å². The molecule has 0 fully saturated rings. The summed E-state index contributed by atoms with van der Waals surface area (Å²) in [4.78, 5) is 34.8. The van der Waals surface area contributed by atoms with E-state index in [-0.39, 0.29) is 17.3 Å². The molecule has 0 spiro atoms. The molecule has 1 N–H and O–H groups in total. The van der Waals surface area contributed by atoms with Crippen LogP contribution in [0.5, 0.6) is 0 Å². The summed E-state index contributed by atoms with van der Waals surface area (Å²) in [5, 5.41) is 13.3. The molecule has 0 aliphatic carbocycles. The molecule has 2 aromatic carbocycles. The van der Waals surface area contributed by atoms with Crippen LogP contribution < -0.4 is 5.32 Å². The van der Waals surface area contributed by atoms with Crippen molar-refractivity contribution in [2.45, 2.75) is 31.2 Å². The van der Waals surface area contributed by atoms with E-state index in [0.717, 1.165) is 13.2 Å². The van der Waals surface area contributed by atoms with E-state index in [0.29, 0.717) is 12.1 Å². The minimum absolute atomic E-state index is 0.0524. The molecule has 2 rings (SSSR count). The lowest BCUT2D eigenvalue weighted by Gasteiger charge is -2.18. The van der Waals surface area contributed by atoms with Crippen LogP contribution in [0.1, 0.15) is 22.3 Å². The van der Waals surface area contributed by atoms with E-state index >= 15 is 0 Å². The van der Waals surface area contributed by atoms with Crippen molar-refractivity contribution in [3.63, 3.8) is 0 Å². The Hall–Kier alpha value is -3.64. The lowest BCUT2D eigenvalue weighted by atomic mass is 10.0. The number of carbonyl (C=O) groups is 2. The number of ether oxygens (including phenoxy) is 1. The van der Waals surface area contributed by atoms with Gasteiger partial charge in [-0.25, -0.2) is 4.79 Å². The van der Waals surface area contributed by atoms with Crippen LogP contribution in [0.25, 0.3) is 0 Å². The first kappa shape index (κ1) is 25.6. The average molecular weight is 478 g/mol. The van der Waals surface area contributed by atoms with Crippen LogP contribution in [0.4, 0.5) is 32.0 Å². The van der Waals surface area contributed by atoms with E-state index < -0.39 is 64.7 Å². The molecule has 0 unspecified atom stereocenters. The molecular weight excluding hydrogens is 462 g/mol. The molecule has 0 bridgehead atoms. The second-order valence-corrected chi connectivity index (χ2v) is 6.82. The SMILES string of the molecule is COC(=O)[C@H](Cc1ccccc1[N+](=O)[O-])NC(=O)Cc1cc(C(F)(F)F)cc(C(F)(F)F)c1. The lowest BCUT2D eigenvalue weighted by Crippen LogP contribution is -2.43. The number of carbonyl (C=O) groups excluding carboxylic acids is 2. The fraction of sp³-hybridized carbons (Fsp3) is 0.300. The summed E-state index contributed by atoms with van der Waals surface area (Å²) in [5.41, 5.74) is -4.08. The molecule has 0 aromatic heterocycles. The highest BCUT2D eigenvalue weighted by molar-refractivity contribution is 5.86. The van der Waals surface area contributed by atoms with Gasteiger partial charge in [-0.2, -0.15) is 26.3 Å². The van der Waals surface area contributed by atoms with Gasteiger partial charge in [0.15, 0.2) is 0 Å². The maximum absolute atomic E-state index is 13.0. The number of nitrogens with one attached hydrogen (secondary N) is 1. The predicted octanol–water partition coefficient (Wildman–Crippen LogP) is 4.08. The van der Waals surface area contributed by atoms with E-state index in [2.05, 4.69) is 10.1 Å². The summed E-state index contributed by atoms with van der Waals surface area (Å²) < 4.78 is 82.5. The number of hydrogen-bond donors (Lipinski definition) is 1. The lowest BCUT2D eigenvalue weighted by molar-refractivity contribution is -0.385. The van der Waals surface area contributed by atoms with Gasteiger partial charge in [-0.1, -0.05) is 18.2 Å². The van der Waals surface area contributed by atoms with Crippen LogP contribution >= 0.6 is 0 Å². The molecule has 13 heteroatoms. The number of hydrogen-bond acceptors (Lipinski definition) is 5. The minimum atomic E-state index is -5.09. The minimum Gasteiger partial charge on any atom is -0.467 e. The largest absolute Gasteiger partial charge is 0.467 e. The Kier molecular flexibility index (Phi) is 7.67. The van der Waals surface area contributed by atoms with Gasteiger partial charge in [0.1, 0.15) is 6.04 Å². The smallest absolute Gasteiger partial charge is 0.416 e. The Balaban J connectivity index is 2.29. The van der Waals surface area contributed by atoms with Gasteiger partial charge in [0, 0.05) is 18.1 Å². The molecule has 1 atom stereocenters. The van der Waals surface area contributed by atoms with E-state index in [1.807, 2.05) is 0 Å². The fourth-order valence-electron chi connectivity index (χ4n) is 2.97. The highest BCUT2D eigenvalue weighted by atomic mass is 19.4. The van der Waals surface area contributed by atoms with Crippen molar-refractivity contribution in [2.75, 3.05) is 7.11 Å². The average Bonchev–Trinajstić information content (AvgIpc) is 2.71. The Labute approximate surface area is 182 Å². The van der Waals surface area contributed by atoms with E-state index in [1.165, 1.54) is 18.2 Å². The molecule has 33 heavy (non-hydrogen) atoms. The zero-order chi connectivity index (χ0) is 25.0. The van der Waals surface area contributed by atoms with E-state index in [4.69, 9.17) is 0 Å². The molecule has 1 amide bonds. The summed E-state index contributed by atoms with van der Waals surface area (Å²) in [6.07, 6.45) is -11.5. The Bertz CT molecular complexity index is 1020. The molecular formula is C20H16F6N2O5. The summed E-state index contributed by atoms with van der Waals surface area (Å²) in [7, 11) is 0.976. The number of halogens is 6. The quantitative estimate of drug-likeness (QED) is 0.280. The third kappa shape index (κ3) is 6.92. The van der Waals surface area contributed by atoms with Gasteiger partial charge >= 0.3 is 18.3 Å². The highest BCUT2D eigenvalue weighted by Crippen LogP contribution is 2.36. The van der Waals surface area contributed by atoms with Crippen molar-refractivity contribution < 1.29 is 45.6 Å². The molecule has 0 saturated carbocycles. The first-order valence-electron chi connectivity index (χ1n) is 9.10. The summed E-state index contributed by atoms with van der Waals surface area (Å²) >= 11 is 0. The number of para-hydroxylation sites is 1. The molecule has 0 radical (unpaired) electrons. The number of nitrogens with zero attached hydrogens (tertiary/aromatic N) is 1. The predicted molar refractivity (Wildman–Crippen MR) is 101 cm³/mol. The van der Waals surface area contributed by atoms with Crippen molar-refractivity contribution in [1.29, 1.82) is 0 Å². The topological polar surface area (TPSA) is 98.5 Å². The molecule has 178 valence electrons. The molecule has 0 aliphatic rings. The monoisotopic (exact) mass is 478 g/mol. The summed E-state index contributed by atoms with van der Waals surface area (Å²) in [6, 6.07) is 4.53. The third-order valence-corrected chi connectivity index (χ3v) is 4.45. The van der Waals surface area contributed by atoms with Gasteiger partial charge in [-0.05, 0) is 23.8 Å². The van der Waals surface area contributed by atoms with Gasteiger partial charge in [-0.15, -0.1) is 0 Å². The van der Waals surface area contributed by atoms with Gasteiger partial charge in [0.05, 0.1) is 29.6 Å². The van der Waals surface area contributed by atoms with E-state index in [9.17, 15) is 46.0 Å². The van der Waals surface area contributed by atoms with Gasteiger partial charge in [0.2, 0.25) is 5.91 Å². The van der Waals surface area contributed by atoms with Crippen LogP contribution in [0, 0.1) is 10.1 Å². The number of esters is 1. The maximum atomic E-state index is 13.0. The molecule has 0 saturated heterocycles. The standard InChI is InChI=1S/C20H16F6N2O5/c1-33-18(30)15(9-12-4-2-3-5-16(12)28(31)32)27-17(29)8-11-6-13(19(21,22)23)10-14(7-11)20(24,25)26/h2-7,10,15H,8-9H2,1H3,(H,27,29)/t15-/m0/s1. The number of methoxy groups -OCH3 is 1. The third-order valence-electron chi connectivity index (χ3n) is 4.45. The molecule has 0 heterocycles. The van der Waals surface area contributed by atoms with Crippen LogP contribution in [0.2, 0.25) is 0 Å². The van der Waals surface area contributed by atoms with Crippen molar-refractivity contribution in [2.24, 2.45) is 0 Å². The Morgan fingerprint density at radius 2 is 1.58 bits per heavy atom.